The van der Waals surface area contributed by atoms with Crippen LogP contribution in [0.1, 0.15) is 65.1 Å². The monoisotopic (exact) mass is 493 g/mol. The summed E-state index contributed by atoms with van der Waals surface area (Å²) in [7, 11) is 1.20. The number of phenolic OH excluding ortho intramolecular Hbond substituents is 1. The van der Waals surface area contributed by atoms with E-state index in [0.717, 1.165) is 0 Å². The summed E-state index contributed by atoms with van der Waals surface area (Å²) in [5.74, 6) is -1.62. The highest BCUT2D eigenvalue weighted by molar-refractivity contribution is 5.93. The van der Waals surface area contributed by atoms with Crippen LogP contribution in [-0.2, 0) is 23.9 Å². The summed E-state index contributed by atoms with van der Waals surface area (Å²) in [6, 6.07) is 2.52. The fourth-order valence-corrected chi connectivity index (χ4v) is 3.46. The molecule has 10 heteroatoms. The van der Waals surface area contributed by atoms with Gasteiger partial charge >= 0.3 is 12.1 Å². The molecule has 0 spiro atoms. The van der Waals surface area contributed by atoms with Gasteiger partial charge in [-0.2, -0.15) is 0 Å². The first-order valence-corrected chi connectivity index (χ1v) is 11.6. The number of methoxy groups -OCH3 is 1. The SMILES string of the molecule is CCN(C(=O)C(CC(C)C)NC(=O)OC(C)(C)C)C(C(=O)NCC(=O)OC)c1ccc(O)c(C)c1. The van der Waals surface area contributed by atoms with Crippen LogP contribution in [0.5, 0.6) is 5.75 Å². The average Bonchev–Trinajstić information content (AvgIpc) is 2.74. The summed E-state index contributed by atoms with van der Waals surface area (Å²) in [5, 5.41) is 15.1. The number of esters is 1. The highest BCUT2D eigenvalue weighted by Gasteiger charge is 2.36. The minimum atomic E-state index is -1.12. The first kappa shape index (κ1) is 29.7. The van der Waals surface area contributed by atoms with Crippen LogP contribution in [0.2, 0.25) is 0 Å². The highest BCUT2D eigenvalue weighted by Crippen LogP contribution is 2.27. The van der Waals surface area contributed by atoms with Crippen LogP contribution in [0.25, 0.3) is 0 Å². The molecule has 2 unspecified atom stereocenters. The summed E-state index contributed by atoms with van der Waals surface area (Å²) in [6.45, 7) is 12.1. The van der Waals surface area contributed by atoms with Crippen molar-refractivity contribution in [1.29, 1.82) is 0 Å². The molecule has 0 aliphatic heterocycles. The number of amides is 3. The number of nitrogens with zero attached hydrogens (tertiary/aromatic N) is 1. The second-order valence-corrected chi connectivity index (χ2v) is 9.70. The number of likely N-dealkylation sites (N-methyl/N-ethyl adjacent to an activating group) is 1. The van der Waals surface area contributed by atoms with Crippen molar-refractivity contribution in [3.63, 3.8) is 0 Å². The Balaban J connectivity index is 3.39. The fraction of sp³-hybridized carbons (Fsp3) is 0.600. The predicted molar refractivity (Wildman–Crippen MR) is 131 cm³/mol. The van der Waals surface area contributed by atoms with Crippen molar-refractivity contribution in [3.8, 4) is 5.75 Å². The van der Waals surface area contributed by atoms with Gasteiger partial charge in [-0.1, -0.05) is 19.9 Å². The van der Waals surface area contributed by atoms with Crippen molar-refractivity contribution in [2.45, 2.75) is 72.6 Å². The van der Waals surface area contributed by atoms with Crippen LogP contribution in [-0.4, -0.2) is 65.7 Å². The predicted octanol–water partition coefficient (Wildman–Crippen LogP) is 2.82. The number of hydrogen-bond acceptors (Lipinski definition) is 7. The molecule has 196 valence electrons. The minimum Gasteiger partial charge on any atom is -0.508 e. The van der Waals surface area contributed by atoms with Crippen LogP contribution in [0, 0.1) is 12.8 Å². The smallest absolute Gasteiger partial charge is 0.408 e. The van der Waals surface area contributed by atoms with Crippen molar-refractivity contribution < 1.29 is 33.8 Å². The van der Waals surface area contributed by atoms with Gasteiger partial charge in [-0.15, -0.1) is 0 Å². The third kappa shape index (κ3) is 9.46. The van der Waals surface area contributed by atoms with Crippen LogP contribution in [0.3, 0.4) is 0 Å². The summed E-state index contributed by atoms with van der Waals surface area (Å²) in [5.41, 5.74) is 0.209. The zero-order valence-electron chi connectivity index (χ0n) is 21.9. The molecule has 3 N–H and O–H groups in total. The molecule has 10 nitrogen and oxygen atoms in total. The molecule has 1 aromatic carbocycles. The maximum Gasteiger partial charge on any atom is 0.408 e. The zero-order valence-corrected chi connectivity index (χ0v) is 21.9. The lowest BCUT2D eigenvalue weighted by Crippen LogP contribution is -2.53. The zero-order chi connectivity index (χ0) is 26.9. The molecule has 2 atom stereocenters. The molecule has 0 aromatic heterocycles. The molecule has 1 rings (SSSR count). The Morgan fingerprint density at radius 3 is 2.26 bits per heavy atom. The van der Waals surface area contributed by atoms with Gasteiger partial charge in [-0.25, -0.2) is 4.79 Å². The lowest BCUT2D eigenvalue weighted by atomic mass is 9.98. The van der Waals surface area contributed by atoms with Crippen molar-refractivity contribution in [2.24, 2.45) is 5.92 Å². The number of benzene rings is 1. The van der Waals surface area contributed by atoms with E-state index in [1.54, 1.807) is 46.8 Å². The van der Waals surface area contributed by atoms with E-state index < -0.39 is 41.6 Å². The van der Waals surface area contributed by atoms with E-state index >= 15 is 0 Å². The van der Waals surface area contributed by atoms with E-state index in [0.29, 0.717) is 17.5 Å². The number of carbonyl (C=O) groups is 4. The van der Waals surface area contributed by atoms with E-state index in [9.17, 15) is 24.3 Å². The molecule has 0 saturated heterocycles. The number of alkyl carbamates (subject to hydrolysis) is 1. The second kappa shape index (κ2) is 13.0. The standard InChI is InChI=1S/C25H39N3O7/c1-9-28(23(32)18(12-15(2)3)27-24(33)35-25(5,6)7)21(22(31)26-14-20(30)34-8)17-10-11-19(29)16(4)13-17/h10-11,13,15,18,21,29H,9,12,14H2,1-8H3,(H,26,31)(H,27,33). The molecule has 1 aromatic rings. The van der Waals surface area contributed by atoms with Crippen LogP contribution >= 0.6 is 0 Å². The van der Waals surface area contributed by atoms with E-state index in [2.05, 4.69) is 15.4 Å². The van der Waals surface area contributed by atoms with Gasteiger partial charge < -0.3 is 30.1 Å². The molecule has 0 heterocycles. The molecular weight excluding hydrogens is 454 g/mol. The Morgan fingerprint density at radius 2 is 1.77 bits per heavy atom. The fourth-order valence-electron chi connectivity index (χ4n) is 3.46. The minimum absolute atomic E-state index is 0.0427. The van der Waals surface area contributed by atoms with Crippen molar-refractivity contribution in [2.75, 3.05) is 20.2 Å². The van der Waals surface area contributed by atoms with Crippen LogP contribution in [0.15, 0.2) is 18.2 Å². The van der Waals surface area contributed by atoms with E-state index in [1.807, 2.05) is 13.8 Å². The topological polar surface area (TPSA) is 134 Å². The van der Waals surface area contributed by atoms with Crippen molar-refractivity contribution in [3.05, 3.63) is 29.3 Å². The molecular formula is C25H39N3O7. The molecule has 0 fully saturated rings. The lowest BCUT2D eigenvalue weighted by Gasteiger charge is -2.34. The van der Waals surface area contributed by atoms with Crippen molar-refractivity contribution in [1.82, 2.24) is 15.5 Å². The number of aryl methyl sites for hydroxylation is 1. The van der Waals surface area contributed by atoms with Crippen LogP contribution in [0.4, 0.5) is 4.79 Å². The van der Waals surface area contributed by atoms with E-state index in [1.165, 1.54) is 18.1 Å². The average molecular weight is 494 g/mol. The molecule has 0 aliphatic rings. The number of hydrogen-bond donors (Lipinski definition) is 3. The van der Waals surface area contributed by atoms with E-state index in [-0.39, 0.29) is 24.8 Å². The van der Waals surface area contributed by atoms with Gasteiger partial charge in [0, 0.05) is 6.54 Å². The summed E-state index contributed by atoms with van der Waals surface area (Å²) in [6.07, 6.45) is -0.417. The van der Waals surface area contributed by atoms with Gasteiger partial charge in [-0.05, 0) is 70.2 Å². The molecule has 0 radical (unpaired) electrons. The Bertz CT molecular complexity index is 909. The highest BCUT2D eigenvalue weighted by atomic mass is 16.6. The van der Waals surface area contributed by atoms with Gasteiger partial charge in [0.05, 0.1) is 7.11 Å². The molecule has 35 heavy (non-hydrogen) atoms. The Kier molecular flexibility index (Phi) is 11.0. The molecule has 3 amide bonds. The normalized spacial score (nSPS) is 12.9. The third-order valence-electron chi connectivity index (χ3n) is 5.05. The maximum absolute atomic E-state index is 13.7. The van der Waals surface area contributed by atoms with Gasteiger partial charge in [0.2, 0.25) is 11.8 Å². The quantitative estimate of drug-likeness (QED) is 0.427. The number of nitrogens with one attached hydrogen (secondary N) is 2. The van der Waals surface area contributed by atoms with Gasteiger partial charge in [-0.3, -0.25) is 14.4 Å². The third-order valence-corrected chi connectivity index (χ3v) is 5.05. The summed E-state index contributed by atoms with van der Waals surface area (Å²) in [4.78, 5) is 52.3. The first-order chi connectivity index (χ1) is 16.2. The Labute approximate surface area is 207 Å². The largest absolute Gasteiger partial charge is 0.508 e. The maximum atomic E-state index is 13.7. The van der Waals surface area contributed by atoms with Crippen LogP contribution < -0.4 is 10.6 Å². The van der Waals surface area contributed by atoms with Gasteiger partial charge in [0.15, 0.2) is 0 Å². The lowest BCUT2D eigenvalue weighted by molar-refractivity contribution is -0.144. The van der Waals surface area contributed by atoms with Crippen molar-refractivity contribution >= 4 is 23.9 Å². The number of ether oxygens (including phenoxy) is 2. The van der Waals surface area contributed by atoms with Gasteiger partial charge in [0.1, 0.15) is 30.0 Å². The Morgan fingerprint density at radius 1 is 1.14 bits per heavy atom. The number of aromatic hydroxyl groups is 1. The Hall–Kier alpha value is -3.30. The summed E-state index contributed by atoms with van der Waals surface area (Å²) < 4.78 is 9.92. The molecule has 0 bridgehead atoms. The molecule has 0 aliphatic carbocycles. The number of carbonyl (C=O) groups excluding carboxylic acids is 4. The first-order valence-electron chi connectivity index (χ1n) is 11.6. The molecule has 0 saturated carbocycles. The summed E-state index contributed by atoms with van der Waals surface area (Å²) >= 11 is 0. The number of rotatable bonds is 10. The van der Waals surface area contributed by atoms with E-state index in [4.69, 9.17) is 4.74 Å². The number of phenols is 1. The second-order valence-electron chi connectivity index (χ2n) is 9.70. The van der Waals surface area contributed by atoms with Gasteiger partial charge in [0.25, 0.3) is 0 Å².